The van der Waals surface area contributed by atoms with Gasteiger partial charge in [-0.05, 0) is 56.1 Å². The minimum Gasteiger partial charge on any atom is -0.347 e. The average molecular weight is 278 g/mol. The molecule has 4 heteroatoms. The number of hydrogen-bond donors (Lipinski definition) is 2. The summed E-state index contributed by atoms with van der Waals surface area (Å²) in [5.74, 6) is 0.701. The molecule has 1 fully saturated rings. The summed E-state index contributed by atoms with van der Waals surface area (Å²) in [6.45, 7) is 0.557. The van der Waals surface area contributed by atoms with Crippen LogP contribution in [0.3, 0.4) is 0 Å². The van der Waals surface area contributed by atoms with E-state index in [0.717, 1.165) is 17.7 Å². The van der Waals surface area contributed by atoms with Crippen LogP contribution in [0.25, 0.3) is 0 Å². The molecular weight excluding hydrogens is 256 g/mol. The molecule has 1 unspecified atom stereocenters. The van der Waals surface area contributed by atoms with Crippen molar-refractivity contribution in [2.75, 3.05) is 6.54 Å². The van der Waals surface area contributed by atoms with Crippen LogP contribution in [0, 0.1) is 5.92 Å². The second kappa shape index (κ2) is 5.63. The van der Waals surface area contributed by atoms with Gasteiger partial charge in [-0.2, -0.15) is 0 Å². The zero-order valence-electron chi connectivity index (χ0n) is 11.3. The molecule has 1 aromatic heterocycles. The Bertz CT molecular complexity index is 441. The van der Waals surface area contributed by atoms with E-state index in [4.69, 9.17) is 5.73 Å². The van der Waals surface area contributed by atoms with Crippen molar-refractivity contribution < 1.29 is 4.79 Å². The molecule has 0 bridgehead atoms. The van der Waals surface area contributed by atoms with Gasteiger partial charge in [0.1, 0.15) is 0 Å². The Hall–Kier alpha value is -0.870. The van der Waals surface area contributed by atoms with Crippen molar-refractivity contribution in [3.63, 3.8) is 0 Å². The van der Waals surface area contributed by atoms with Crippen LogP contribution in [0.4, 0.5) is 0 Å². The summed E-state index contributed by atoms with van der Waals surface area (Å²) >= 11 is 1.69. The van der Waals surface area contributed by atoms with Gasteiger partial charge in [-0.15, -0.1) is 11.3 Å². The van der Waals surface area contributed by atoms with Crippen molar-refractivity contribution in [2.45, 2.75) is 51.0 Å². The predicted molar refractivity (Wildman–Crippen MR) is 78.6 cm³/mol. The minimum absolute atomic E-state index is 0.0837. The van der Waals surface area contributed by atoms with Crippen molar-refractivity contribution >= 4 is 17.2 Å². The molecule has 1 atom stereocenters. The molecule has 3 rings (SSSR count). The van der Waals surface area contributed by atoms with E-state index in [1.165, 1.54) is 42.5 Å². The standard InChI is InChI=1S/C15H22N2OS/c16-9-12(10-6-7-10)17-15(18)14-8-11-4-2-1-3-5-13(11)19-14/h8,10,12H,1-7,9,16H2,(H,17,18). The Morgan fingerprint density at radius 3 is 2.89 bits per heavy atom. The zero-order valence-corrected chi connectivity index (χ0v) is 12.1. The molecule has 1 saturated carbocycles. The van der Waals surface area contributed by atoms with Crippen molar-refractivity contribution in [3.05, 3.63) is 21.4 Å². The molecule has 3 nitrogen and oxygen atoms in total. The van der Waals surface area contributed by atoms with Crippen LogP contribution in [0.2, 0.25) is 0 Å². The first-order valence-corrected chi connectivity index (χ1v) is 8.22. The number of thiophene rings is 1. The highest BCUT2D eigenvalue weighted by atomic mass is 32.1. The number of hydrogen-bond acceptors (Lipinski definition) is 3. The topological polar surface area (TPSA) is 55.1 Å². The Morgan fingerprint density at radius 1 is 1.37 bits per heavy atom. The fourth-order valence-corrected chi connectivity index (χ4v) is 4.04. The zero-order chi connectivity index (χ0) is 13.2. The maximum absolute atomic E-state index is 12.3. The summed E-state index contributed by atoms with van der Waals surface area (Å²) in [5, 5.41) is 3.12. The van der Waals surface area contributed by atoms with Crippen LogP contribution >= 0.6 is 11.3 Å². The van der Waals surface area contributed by atoms with Crippen LogP contribution in [0.1, 0.15) is 52.2 Å². The lowest BCUT2D eigenvalue weighted by atomic mass is 10.1. The van der Waals surface area contributed by atoms with Gasteiger partial charge in [0, 0.05) is 17.5 Å². The smallest absolute Gasteiger partial charge is 0.261 e. The molecule has 1 heterocycles. The minimum atomic E-state index is 0.0837. The van der Waals surface area contributed by atoms with Gasteiger partial charge < -0.3 is 11.1 Å². The number of carbonyl (C=O) groups is 1. The average Bonchev–Trinajstić information content (AvgIpc) is 3.21. The van der Waals surface area contributed by atoms with Gasteiger partial charge >= 0.3 is 0 Å². The number of rotatable bonds is 4. The fourth-order valence-electron chi connectivity index (χ4n) is 2.89. The number of nitrogens with two attached hydrogens (primary N) is 1. The Labute approximate surface area is 118 Å². The second-order valence-electron chi connectivity index (χ2n) is 5.77. The largest absolute Gasteiger partial charge is 0.347 e. The first-order valence-electron chi connectivity index (χ1n) is 7.40. The van der Waals surface area contributed by atoms with Crippen LogP contribution in [0.15, 0.2) is 6.07 Å². The summed E-state index contributed by atoms with van der Waals surface area (Å²) < 4.78 is 0. The lowest BCUT2D eigenvalue weighted by Crippen LogP contribution is -2.41. The number of amides is 1. The molecule has 3 N–H and O–H groups in total. The van der Waals surface area contributed by atoms with Crippen LogP contribution in [-0.2, 0) is 12.8 Å². The van der Waals surface area contributed by atoms with E-state index in [2.05, 4.69) is 11.4 Å². The third-order valence-electron chi connectivity index (χ3n) is 4.23. The van der Waals surface area contributed by atoms with Crippen LogP contribution < -0.4 is 11.1 Å². The lowest BCUT2D eigenvalue weighted by Gasteiger charge is -2.15. The molecule has 19 heavy (non-hydrogen) atoms. The van der Waals surface area contributed by atoms with Crippen molar-refractivity contribution in [3.8, 4) is 0 Å². The van der Waals surface area contributed by atoms with Gasteiger partial charge in [0.2, 0.25) is 0 Å². The molecule has 104 valence electrons. The molecule has 0 aliphatic heterocycles. The van der Waals surface area contributed by atoms with Crippen molar-refractivity contribution in [1.29, 1.82) is 0 Å². The van der Waals surface area contributed by atoms with E-state index in [1.54, 1.807) is 11.3 Å². The van der Waals surface area contributed by atoms with Crippen LogP contribution in [-0.4, -0.2) is 18.5 Å². The SMILES string of the molecule is NCC(NC(=O)c1cc2c(s1)CCCCC2)C1CC1. The number of nitrogens with one attached hydrogen (secondary N) is 1. The molecule has 2 aliphatic rings. The van der Waals surface area contributed by atoms with E-state index in [-0.39, 0.29) is 11.9 Å². The second-order valence-corrected chi connectivity index (χ2v) is 6.91. The third kappa shape index (κ3) is 3.00. The van der Waals surface area contributed by atoms with E-state index in [0.29, 0.717) is 12.5 Å². The molecule has 1 aromatic rings. The normalized spacial score (nSPS) is 20.5. The van der Waals surface area contributed by atoms with E-state index >= 15 is 0 Å². The number of aryl methyl sites for hydroxylation is 2. The Balaban J connectivity index is 1.69. The first-order chi connectivity index (χ1) is 9.28. The van der Waals surface area contributed by atoms with E-state index in [1.807, 2.05) is 0 Å². The maximum Gasteiger partial charge on any atom is 0.261 e. The Morgan fingerprint density at radius 2 is 2.16 bits per heavy atom. The highest BCUT2D eigenvalue weighted by Crippen LogP contribution is 2.33. The van der Waals surface area contributed by atoms with Gasteiger partial charge in [-0.1, -0.05) is 6.42 Å². The van der Waals surface area contributed by atoms with Gasteiger partial charge in [0.15, 0.2) is 0 Å². The molecule has 2 aliphatic carbocycles. The summed E-state index contributed by atoms with van der Waals surface area (Å²) in [5.41, 5.74) is 7.15. The molecule has 0 aromatic carbocycles. The highest BCUT2D eigenvalue weighted by molar-refractivity contribution is 7.14. The highest BCUT2D eigenvalue weighted by Gasteiger charge is 2.31. The maximum atomic E-state index is 12.3. The third-order valence-corrected chi connectivity index (χ3v) is 5.47. The Kier molecular flexibility index (Phi) is 3.89. The first kappa shape index (κ1) is 13.1. The molecule has 0 radical (unpaired) electrons. The number of fused-ring (bicyclic) bond motifs is 1. The molecule has 0 spiro atoms. The molecule has 1 amide bonds. The lowest BCUT2D eigenvalue weighted by molar-refractivity contribution is 0.0937. The van der Waals surface area contributed by atoms with Gasteiger partial charge in [0.05, 0.1) is 4.88 Å². The van der Waals surface area contributed by atoms with Gasteiger partial charge in [-0.3, -0.25) is 4.79 Å². The molecule has 0 saturated heterocycles. The van der Waals surface area contributed by atoms with E-state index in [9.17, 15) is 4.79 Å². The summed E-state index contributed by atoms with van der Waals surface area (Å²) in [4.78, 5) is 14.6. The monoisotopic (exact) mass is 278 g/mol. The van der Waals surface area contributed by atoms with Gasteiger partial charge in [0.25, 0.3) is 5.91 Å². The van der Waals surface area contributed by atoms with Gasteiger partial charge in [-0.25, -0.2) is 0 Å². The molecular formula is C15H22N2OS. The summed E-state index contributed by atoms with van der Waals surface area (Å²) in [6.07, 6.45) is 8.56. The van der Waals surface area contributed by atoms with Crippen molar-refractivity contribution in [2.24, 2.45) is 11.7 Å². The quantitative estimate of drug-likeness (QED) is 0.831. The van der Waals surface area contributed by atoms with E-state index < -0.39 is 0 Å². The summed E-state index contributed by atoms with van der Waals surface area (Å²) in [7, 11) is 0. The number of carbonyl (C=O) groups excluding carboxylic acids is 1. The van der Waals surface area contributed by atoms with Crippen LogP contribution in [0.5, 0.6) is 0 Å². The van der Waals surface area contributed by atoms with Crippen molar-refractivity contribution in [1.82, 2.24) is 5.32 Å². The predicted octanol–water partition coefficient (Wildman–Crippen LogP) is 2.48. The fraction of sp³-hybridized carbons (Fsp3) is 0.667. The summed E-state index contributed by atoms with van der Waals surface area (Å²) in [6, 6.07) is 2.29.